The number of rotatable bonds is 4. The van der Waals surface area contributed by atoms with Crippen LogP contribution in [0, 0.1) is 26.7 Å². The average Bonchev–Trinajstić information content (AvgIpc) is 2.42. The fourth-order valence-electron chi connectivity index (χ4n) is 3.56. The van der Waals surface area contributed by atoms with E-state index in [1.54, 1.807) is 0 Å². The summed E-state index contributed by atoms with van der Waals surface area (Å²) in [5.41, 5.74) is 5.81. The van der Waals surface area contributed by atoms with Gasteiger partial charge >= 0.3 is 0 Å². The van der Waals surface area contributed by atoms with Crippen molar-refractivity contribution >= 4 is 0 Å². The van der Waals surface area contributed by atoms with E-state index in [2.05, 4.69) is 57.1 Å². The van der Waals surface area contributed by atoms with Gasteiger partial charge in [0.2, 0.25) is 0 Å². The molecule has 1 heterocycles. The molecule has 0 bridgehead atoms. The summed E-state index contributed by atoms with van der Waals surface area (Å²) in [5, 5.41) is 3.42. The molecule has 1 N–H and O–H groups in total. The lowest BCUT2D eigenvalue weighted by atomic mass is 9.90. The fraction of sp³-hybridized carbons (Fsp3) is 0.667. The van der Waals surface area contributed by atoms with Gasteiger partial charge in [0, 0.05) is 19.1 Å². The second kappa shape index (κ2) is 6.73. The predicted octanol–water partition coefficient (Wildman–Crippen LogP) is 3.43. The Morgan fingerprint density at radius 1 is 1.25 bits per heavy atom. The zero-order chi connectivity index (χ0) is 14.7. The van der Waals surface area contributed by atoms with Crippen LogP contribution in [0.4, 0.5) is 0 Å². The summed E-state index contributed by atoms with van der Waals surface area (Å²) in [4.78, 5) is 2.65. The van der Waals surface area contributed by atoms with Gasteiger partial charge in [0.15, 0.2) is 0 Å². The molecular formula is C18H30N2. The zero-order valence-corrected chi connectivity index (χ0v) is 13.8. The molecule has 0 saturated carbocycles. The first-order valence-corrected chi connectivity index (χ1v) is 7.97. The Balaban J connectivity index is 2.06. The molecule has 1 fully saturated rings. The minimum absolute atomic E-state index is 0.623. The monoisotopic (exact) mass is 274 g/mol. The van der Waals surface area contributed by atoms with Crippen molar-refractivity contribution in [1.82, 2.24) is 10.2 Å². The molecule has 112 valence electrons. The lowest BCUT2D eigenvalue weighted by Crippen LogP contribution is -2.43. The smallest absolute Gasteiger partial charge is 0.0239 e. The Bertz CT molecular complexity index is 430. The van der Waals surface area contributed by atoms with Gasteiger partial charge in [-0.1, -0.05) is 17.7 Å². The van der Waals surface area contributed by atoms with Crippen molar-refractivity contribution in [2.75, 3.05) is 20.1 Å². The zero-order valence-electron chi connectivity index (χ0n) is 13.8. The topological polar surface area (TPSA) is 15.3 Å². The summed E-state index contributed by atoms with van der Waals surface area (Å²) in [7, 11) is 2.08. The second-order valence-corrected chi connectivity index (χ2v) is 6.59. The maximum absolute atomic E-state index is 3.42. The summed E-state index contributed by atoms with van der Waals surface area (Å²) in [6, 6.07) is 5.26. The summed E-state index contributed by atoms with van der Waals surface area (Å²) in [6.07, 6.45) is 2.70. The molecule has 0 aliphatic carbocycles. The van der Waals surface area contributed by atoms with Gasteiger partial charge in [-0.05, 0) is 76.7 Å². The molecule has 0 radical (unpaired) electrons. The van der Waals surface area contributed by atoms with Crippen molar-refractivity contribution in [3.05, 3.63) is 34.4 Å². The first-order chi connectivity index (χ1) is 9.51. The number of nitrogens with one attached hydrogen (secondary N) is 1. The lowest BCUT2D eigenvalue weighted by molar-refractivity contribution is 0.146. The van der Waals surface area contributed by atoms with E-state index in [-0.39, 0.29) is 0 Å². The largest absolute Gasteiger partial charge is 0.317 e. The molecule has 2 unspecified atom stereocenters. The van der Waals surface area contributed by atoms with E-state index < -0.39 is 0 Å². The lowest BCUT2D eigenvalue weighted by Gasteiger charge is -2.36. The first-order valence-electron chi connectivity index (χ1n) is 7.97. The van der Waals surface area contributed by atoms with Gasteiger partial charge < -0.3 is 5.32 Å². The molecule has 1 aromatic rings. The maximum Gasteiger partial charge on any atom is 0.0239 e. The fourth-order valence-corrected chi connectivity index (χ4v) is 3.56. The highest BCUT2D eigenvalue weighted by Gasteiger charge is 2.24. The third-order valence-corrected chi connectivity index (χ3v) is 4.93. The summed E-state index contributed by atoms with van der Waals surface area (Å²) in [6.45, 7) is 12.6. The normalized spacial score (nSPS) is 21.9. The van der Waals surface area contributed by atoms with Crippen molar-refractivity contribution in [3.8, 4) is 0 Å². The van der Waals surface area contributed by atoms with Gasteiger partial charge in [0.05, 0.1) is 0 Å². The third-order valence-electron chi connectivity index (χ3n) is 4.93. The van der Waals surface area contributed by atoms with Gasteiger partial charge in [0.25, 0.3) is 0 Å². The highest BCUT2D eigenvalue weighted by atomic mass is 15.1. The third kappa shape index (κ3) is 3.62. The molecule has 2 rings (SSSR count). The SMILES string of the molecule is CNC(C)C1CCCN(Cc2c(C)cc(C)cc2C)C1. The molecule has 1 aliphatic heterocycles. The number of piperidine rings is 1. The highest BCUT2D eigenvalue weighted by molar-refractivity contribution is 5.37. The minimum Gasteiger partial charge on any atom is -0.317 e. The molecule has 0 spiro atoms. The Hall–Kier alpha value is -0.860. The molecule has 1 aromatic carbocycles. The summed E-state index contributed by atoms with van der Waals surface area (Å²) < 4.78 is 0. The van der Waals surface area contributed by atoms with Crippen LogP contribution in [0.3, 0.4) is 0 Å². The van der Waals surface area contributed by atoms with Crippen LogP contribution >= 0.6 is 0 Å². The number of hydrogen-bond donors (Lipinski definition) is 1. The van der Waals surface area contributed by atoms with E-state index in [4.69, 9.17) is 0 Å². The molecule has 2 atom stereocenters. The Labute approximate surface area is 124 Å². The summed E-state index contributed by atoms with van der Waals surface area (Å²) >= 11 is 0. The van der Waals surface area contributed by atoms with Gasteiger partial charge in [-0.15, -0.1) is 0 Å². The molecule has 2 heteroatoms. The second-order valence-electron chi connectivity index (χ2n) is 6.59. The van der Waals surface area contributed by atoms with Crippen LogP contribution in [-0.2, 0) is 6.54 Å². The highest BCUT2D eigenvalue weighted by Crippen LogP contribution is 2.24. The quantitative estimate of drug-likeness (QED) is 0.905. The number of benzene rings is 1. The van der Waals surface area contributed by atoms with E-state index in [0.717, 1.165) is 12.5 Å². The number of nitrogens with zero attached hydrogens (tertiary/aromatic N) is 1. The maximum atomic E-state index is 3.42. The first kappa shape index (κ1) is 15.5. The van der Waals surface area contributed by atoms with Crippen LogP contribution in [0.2, 0.25) is 0 Å². The van der Waals surface area contributed by atoms with Crippen molar-refractivity contribution in [2.24, 2.45) is 5.92 Å². The van der Waals surface area contributed by atoms with Crippen LogP contribution in [-0.4, -0.2) is 31.1 Å². The standard InChI is InChI=1S/C18H30N2/c1-13-9-14(2)18(15(3)10-13)12-20-8-6-7-17(11-20)16(4)19-5/h9-10,16-17,19H,6-8,11-12H2,1-5H3. The Morgan fingerprint density at radius 2 is 1.90 bits per heavy atom. The predicted molar refractivity (Wildman–Crippen MR) is 87.2 cm³/mol. The van der Waals surface area contributed by atoms with E-state index in [1.165, 1.54) is 48.2 Å². The van der Waals surface area contributed by atoms with Gasteiger partial charge in [-0.3, -0.25) is 4.90 Å². The number of aryl methyl sites for hydroxylation is 3. The molecule has 2 nitrogen and oxygen atoms in total. The number of likely N-dealkylation sites (tertiary alicyclic amines) is 1. The van der Waals surface area contributed by atoms with Crippen molar-refractivity contribution in [2.45, 2.75) is 53.1 Å². The van der Waals surface area contributed by atoms with Crippen LogP contribution in [0.15, 0.2) is 12.1 Å². The van der Waals surface area contributed by atoms with Crippen molar-refractivity contribution in [3.63, 3.8) is 0 Å². The molecule has 0 aromatic heterocycles. The summed E-state index contributed by atoms with van der Waals surface area (Å²) in [5.74, 6) is 0.791. The van der Waals surface area contributed by atoms with Gasteiger partial charge in [-0.2, -0.15) is 0 Å². The molecule has 1 aliphatic rings. The average molecular weight is 274 g/mol. The van der Waals surface area contributed by atoms with E-state index >= 15 is 0 Å². The molecule has 1 saturated heterocycles. The van der Waals surface area contributed by atoms with Crippen LogP contribution in [0.25, 0.3) is 0 Å². The Morgan fingerprint density at radius 3 is 2.50 bits per heavy atom. The molecular weight excluding hydrogens is 244 g/mol. The van der Waals surface area contributed by atoms with Crippen LogP contribution < -0.4 is 5.32 Å². The molecule has 0 amide bonds. The van der Waals surface area contributed by atoms with Crippen LogP contribution in [0.1, 0.15) is 42.0 Å². The Kier molecular flexibility index (Phi) is 5.22. The molecule has 20 heavy (non-hydrogen) atoms. The van der Waals surface area contributed by atoms with E-state index in [0.29, 0.717) is 6.04 Å². The van der Waals surface area contributed by atoms with Crippen molar-refractivity contribution < 1.29 is 0 Å². The van der Waals surface area contributed by atoms with Gasteiger partial charge in [-0.25, -0.2) is 0 Å². The van der Waals surface area contributed by atoms with Gasteiger partial charge in [0.1, 0.15) is 0 Å². The number of hydrogen-bond acceptors (Lipinski definition) is 2. The van der Waals surface area contributed by atoms with E-state index in [9.17, 15) is 0 Å². The van der Waals surface area contributed by atoms with Crippen LogP contribution in [0.5, 0.6) is 0 Å². The van der Waals surface area contributed by atoms with E-state index in [1.807, 2.05) is 0 Å². The minimum atomic E-state index is 0.623. The van der Waals surface area contributed by atoms with Crippen molar-refractivity contribution in [1.29, 1.82) is 0 Å².